The highest BCUT2D eigenvalue weighted by molar-refractivity contribution is 6.02. The van der Waals surface area contributed by atoms with Crippen LogP contribution in [0.25, 0.3) is 22.2 Å². The topological polar surface area (TPSA) is 105 Å². The SMILES string of the molecule is COCc1cc(-c2cc(OCCCN3CCCC3)cc3nc(N(C)C)nc(N)c23)n[nH]1. The van der Waals surface area contributed by atoms with Crippen LogP contribution in [0.1, 0.15) is 25.0 Å². The van der Waals surface area contributed by atoms with Crippen molar-refractivity contribution in [2.24, 2.45) is 0 Å². The summed E-state index contributed by atoms with van der Waals surface area (Å²) >= 11 is 0. The molecule has 0 atom stereocenters. The fourth-order valence-electron chi connectivity index (χ4n) is 3.95. The summed E-state index contributed by atoms with van der Waals surface area (Å²) in [5.41, 5.74) is 9.57. The Kier molecular flexibility index (Phi) is 6.53. The number of likely N-dealkylation sites (tertiary alicyclic amines) is 1. The standard InChI is InChI=1S/C22H31N7O2/c1-28(2)22-24-19-13-16(31-10-6-9-29-7-4-5-8-29)12-17(20(19)21(23)25-22)18-11-15(14-30-3)26-27-18/h11-13H,4-10,14H2,1-3H3,(H,26,27)(H2,23,24,25). The molecule has 1 aliphatic rings. The van der Waals surface area contributed by atoms with E-state index in [1.807, 2.05) is 37.2 Å². The average Bonchev–Trinajstić information content (AvgIpc) is 3.43. The molecule has 166 valence electrons. The fraction of sp³-hybridized carbons (Fsp3) is 0.500. The van der Waals surface area contributed by atoms with Gasteiger partial charge in [-0.3, -0.25) is 5.10 Å². The molecule has 3 N–H and O–H groups in total. The van der Waals surface area contributed by atoms with Gasteiger partial charge in [0.25, 0.3) is 0 Å². The van der Waals surface area contributed by atoms with Crippen molar-refractivity contribution in [2.45, 2.75) is 25.9 Å². The van der Waals surface area contributed by atoms with Gasteiger partial charge in [-0.15, -0.1) is 0 Å². The Balaban J connectivity index is 1.65. The van der Waals surface area contributed by atoms with E-state index in [4.69, 9.17) is 20.2 Å². The number of methoxy groups -OCH3 is 1. The monoisotopic (exact) mass is 425 g/mol. The second-order valence-electron chi connectivity index (χ2n) is 8.13. The van der Waals surface area contributed by atoms with Crippen molar-refractivity contribution in [1.29, 1.82) is 0 Å². The Hall–Kier alpha value is -2.91. The lowest BCUT2D eigenvalue weighted by Gasteiger charge is -2.16. The number of aromatic amines is 1. The lowest BCUT2D eigenvalue weighted by atomic mass is 10.0. The van der Waals surface area contributed by atoms with Crippen LogP contribution in [0.4, 0.5) is 11.8 Å². The van der Waals surface area contributed by atoms with E-state index in [2.05, 4.69) is 20.1 Å². The summed E-state index contributed by atoms with van der Waals surface area (Å²) in [5, 5.41) is 8.23. The molecule has 31 heavy (non-hydrogen) atoms. The first-order valence-corrected chi connectivity index (χ1v) is 10.7. The van der Waals surface area contributed by atoms with Crippen molar-refractivity contribution < 1.29 is 9.47 Å². The normalized spacial score (nSPS) is 14.4. The third kappa shape index (κ3) is 4.88. The van der Waals surface area contributed by atoms with Crippen LogP contribution >= 0.6 is 0 Å². The molecule has 0 saturated carbocycles. The van der Waals surface area contributed by atoms with Gasteiger partial charge in [-0.25, -0.2) is 4.98 Å². The van der Waals surface area contributed by atoms with Gasteiger partial charge in [0.05, 0.1) is 35.5 Å². The molecule has 3 heterocycles. The number of hydrogen-bond donors (Lipinski definition) is 2. The quantitative estimate of drug-likeness (QED) is 0.504. The van der Waals surface area contributed by atoms with Crippen LogP contribution in [-0.4, -0.2) is 72.5 Å². The Morgan fingerprint density at radius 3 is 2.71 bits per heavy atom. The van der Waals surface area contributed by atoms with Crippen LogP contribution in [0.5, 0.6) is 5.75 Å². The summed E-state index contributed by atoms with van der Waals surface area (Å²) < 4.78 is 11.3. The second-order valence-corrected chi connectivity index (χ2v) is 8.13. The van der Waals surface area contributed by atoms with Crippen LogP contribution < -0.4 is 15.4 Å². The molecule has 9 nitrogen and oxygen atoms in total. The van der Waals surface area contributed by atoms with Gasteiger partial charge in [0.1, 0.15) is 11.6 Å². The molecule has 0 unspecified atom stereocenters. The van der Waals surface area contributed by atoms with Crippen LogP contribution in [0, 0.1) is 0 Å². The lowest BCUT2D eigenvalue weighted by Crippen LogP contribution is -2.21. The summed E-state index contributed by atoms with van der Waals surface area (Å²) in [6, 6.07) is 5.86. The third-order valence-electron chi connectivity index (χ3n) is 5.48. The molecule has 1 aliphatic heterocycles. The zero-order valence-corrected chi connectivity index (χ0v) is 18.5. The molecule has 1 saturated heterocycles. The maximum absolute atomic E-state index is 6.35. The first-order valence-electron chi connectivity index (χ1n) is 10.7. The van der Waals surface area contributed by atoms with Crippen molar-refractivity contribution in [3.63, 3.8) is 0 Å². The summed E-state index contributed by atoms with van der Waals surface area (Å²) in [6.07, 6.45) is 3.60. The van der Waals surface area contributed by atoms with Gasteiger partial charge in [-0.2, -0.15) is 10.1 Å². The number of fused-ring (bicyclic) bond motifs is 1. The van der Waals surface area contributed by atoms with Gasteiger partial charge in [0.15, 0.2) is 0 Å². The number of nitrogens with one attached hydrogen (secondary N) is 1. The maximum atomic E-state index is 6.35. The minimum Gasteiger partial charge on any atom is -0.493 e. The Morgan fingerprint density at radius 2 is 1.97 bits per heavy atom. The number of rotatable bonds is 9. The third-order valence-corrected chi connectivity index (χ3v) is 5.48. The van der Waals surface area contributed by atoms with Crippen LogP contribution in [0.3, 0.4) is 0 Å². The van der Waals surface area contributed by atoms with E-state index in [-0.39, 0.29) is 0 Å². The highest BCUT2D eigenvalue weighted by atomic mass is 16.5. The first-order chi connectivity index (χ1) is 15.0. The van der Waals surface area contributed by atoms with Gasteiger partial charge in [-0.05, 0) is 44.5 Å². The predicted octanol–water partition coefficient (Wildman–Crippen LogP) is 2.68. The van der Waals surface area contributed by atoms with Crippen LogP contribution in [0.2, 0.25) is 0 Å². The maximum Gasteiger partial charge on any atom is 0.227 e. The summed E-state index contributed by atoms with van der Waals surface area (Å²) in [7, 11) is 5.44. The number of benzene rings is 1. The number of hydrogen-bond acceptors (Lipinski definition) is 8. The number of nitrogen functional groups attached to an aromatic ring is 1. The zero-order valence-electron chi connectivity index (χ0n) is 18.5. The Labute approximate surface area is 182 Å². The van der Waals surface area contributed by atoms with E-state index in [0.29, 0.717) is 25.0 Å². The highest BCUT2D eigenvalue weighted by Gasteiger charge is 2.17. The van der Waals surface area contributed by atoms with Crippen LogP contribution in [0.15, 0.2) is 18.2 Å². The van der Waals surface area contributed by atoms with Gasteiger partial charge < -0.3 is 25.0 Å². The molecule has 0 amide bonds. The smallest absolute Gasteiger partial charge is 0.227 e. The predicted molar refractivity (Wildman–Crippen MR) is 122 cm³/mol. The number of H-pyrrole nitrogens is 1. The second kappa shape index (κ2) is 9.49. The minimum absolute atomic E-state index is 0.417. The highest BCUT2D eigenvalue weighted by Crippen LogP contribution is 2.35. The molecule has 0 radical (unpaired) electrons. The summed E-state index contributed by atoms with van der Waals surface area (Å²) in [6.45, 7) is 4.58. The van der Waals surface area contributed by atoms with E-state index >= 15 is 0 Å². The lowest BCUT2D eigenvalue weighted by molar-refractivity contribution is 0.181. The Bertz CT molecular complexity index is 1030. The molecule has 0 spiro atoms. The molecule has 0 bridgehead atoms. The Morgan fingerprint density at radius 1 is 1.16 bits per heavy atom. The molecule has 2 aromatic heterocycles. The number of anilines is 2. The van der Waals surface area contributed by atoms with Gasteiger partial charge >= 0.3 is 0 Å². The molecule has 1 fully saturated rings. The van der Waals surface area contributed by atoms with E-state index < -0.39 is 0 Å². The zero-order chi connectivity index (χ0) is 21.8. The molecule has 4 rings (SSSR count). The van der Waals surface area contributed by atoms with Crippen molar-refractivity contribution in [1.82, 2.24) is 25.1 Å². The first kappa shape index (κ1) is 21.3. The van der Waals surface area contributed by atoms with E-state index in [1.54, 1.807) is 7.11 Å². The molecule has 0 aliphatic carbocycles. The molecular weight excluding hydrogens is 394 g/mol. The largest absolute Gasteiger partial charge is 0.493 e. The fourth-order valence-corrected chi connectivity index (χ4v) is 3.95. The number of nitrogens with zero attached hydrogens (tertiary/aromatic N) is 5. The van der Waals surface area contributed by atoms with Crippen LogP contribution in [-0.2, 0) is 11.3 Å². The van der Waals surface area contributed by atoms with Gasteiger partial charge in [0, 0.05) is 39.4 Å². The molecule has 3 aromatic rings. The average molecular weight is 426 g/mol. The van der Waals surface area contributed by atoms with E-state index in [1.165, 1.54) is 25.9 Å². The molecular formula is C22H31N7O2. The number of aromatic nitrogens is 4. The summed E-state index contributed by atoms with van der Waals surface area (Å²) in [4.78, 5) is 13.5. The van der Waals surface area contributed by atoms with Crippen molar-refractivity contribution >= 4 is 22.7 Å². The van der Waals surface area contributed by atoms with Crippen molar-refractivity contribution in [3.8, 4) is 17.0 Å². The van der Waals surface area contributed by atoms with Crippen molar-refractivity contribution in [3.05, 3.63) is 23.9 Å². The number of nitrogens with two attached hydrogens (primary N) is 1. The van der Waals surface area contributed by atoms with Crippen molar-refractivity contribution in [2.75, 3.05) is 58.1 Å². The van der Waals surface area contributed by atoms with E-state index in [0.717, 1.165) is 46.6 Å². The minimum atomic E-state index is 0.417. The van der Waals surface area contributed by atoms with Gasteiger partial charge in [-0.1, -0.05) is 0 Å². The number of ether oxygens (including phenoxy) is 2. The summed E-state index contributed by atoms with van der Waals surface area (Å²) in [5.74, 6) is 1.73. The molecule has 9 heteroatoms. The van der Waals surface area contributed by atoms with Gasteiger partial charge in [0.2, 0.25) is 5.95 Å². The van der Waals surface area contributed by atoms with E-state index in [9.17, 15) is 0 Å². The molecule has 1 aromatic carbocycles.